The smallest absolute Gasteiger partial charge is 0.0868 e. The maximum Gasteiger partial charge on any atom is 0.0868 e. The third-order valence-electron chi connectivity index (χ3n) is 3.50. The van der Waals surface area contributed by atoms with Crippen molar-refractivity contribution in [3.8, 4) is 0 Å². The maximum absolute atomic E-state index is 5.85. The van der Waals surface area contributed by atoms with Crippen LogP contribution < -0.4 is 11.3 Å². The molecule has 0 spiro atoms. The molecule has 2 atom stereocenters. The zero-order valence-electron chi connectivity index (χ0n) is 11.5. The molecule has 1 rings (SSSR count). The van der Waals surface area contributed by atoms with Gasteiger partial charge < -0.3 is 4.74 Å². The van der Waals surface area contributed by atoms with Gasteiger partial charge in [0.25, 0.3) is 0 Å². The summed E-state index contributed by atoms with van der Waals surface area (Å²) >= 11 is 0. The molecule has 17 heavy (non-hydrogen) atoms. The largest absolute Gasteiger partial charge is 0.374 e. The maximum atomic E-state index is 5.85. The monoisotopic (exact) mass is 243 g/mol. The number of unbranched alkanes of at least 4 members (excludes halogenated alkanes) is 2. The quantitative estimate of drug-likeness (QED) is 0.385. The van der Waals surface area contributed by atoms with E-state index in [1.807, 2.05) is 0 Å². The van der Waals surface area contributed by atoms with Gasteiger partial charge in [-0.15, -0.1) is 0 Å². The number of morpholine rings is 1. The molecule has 0 aromatic carbocycles. The summed E-state index contributed by atoms with van der Waals surface area (Å²) < 4.78 is 5.85. The SMILES string of the molecule is CCCCCC(NN)C1CN(CCC)CCO1. The molecule has 0 amide bonds. The first kappa shape index (κ1) is 14.9. The fraction of sp³-hybridized carbons (Fsp3) is 1.00. The first-order valence-corrected chi connectivity index (χ1v) is 7.11. The fourth-order valence-corrected chi connectivity index (χ4v) is 2.49. The average molecular weight is 243 g/mol. The van der Waals surface area contributed by atoms with Gasteiger partial charge in [-0.1, -0.05) is 33.1 Å². The highest BCUT2D eigenvalue weighted by Crippen LogP contribution is 2.14. The molecule has 1 heterocycles. The van der Waals surface area contributed by atoms with Crippen molar-refractivity contribution in [3.63, 3.8) is 0 Å². The van der Waals surface area contributed by atoms with Crippen LogP contribution in [0, 0.1) is 0 Å². The Hall–Kier alpha value is -0.160. The number of hydrazine groups is 1. The van der Waals surface area contributed by atoms with Gasteiger partial charge in [-0.05, 0) is 19.4 Å². The molecular formula is C13H29N3O. The van der Waals surface area contributed by atoms with Crippen LogP contribution in [0.1, 0.15) is 46.0 Å². The van der Waals surface area contributed by atoms with E-state index in [2.05, 4.69) is 24.2 Å². The molecule has 1 fully saturated rings. The third-order valence-corrected chi connectivity index (χ3v) is 3.50. The van der Waals surface area contributed by atoms with Crippen LogP contribution in [0.3, 0.4) is 0 Å². The lowest BCUT2D eigenvalue weighted by molar-refractivity contribution is -0.0479. The Morgan fingerprint density at radius 1 is 1.35 bits per heavy atom. The molecule has 1 aliphatic rings. The van der Waals surface area contributed by atoms with E-state index in [0.717, 1.165) is 26.1 Å². The molecular weight excluding hydrogens is 214 g/mol. The van der Waals surface area contributed by atoms with E-state index in [1.165, 1.54) is 32.2 Å². The van der Waals surface area contributed by atoms with Crippen molar-refractivity contribution >= 4 is 0 Å². The molecule has 4 nitrogen and oxygen atoms in total. The Kier molecular flexibility index (Phi) is 7.77. The minimum atomic E-state index is 0.261. The summed E-state index contributed by atoms with van der Waals surface area (Å²) in [5.41, 5.74) is 2.94. The molecule has 3 N–H and O–H groups in total. The normalized spacial score (nSPS) is 23.8. The van der Waals surface area contributed by atoms with Gasteiger partial charge >= 0.3 is 0 Å². The summed E-state index contributed by atoms with van der Waals surface area (Å²) in [5.74, 6) is 5.66. The van der Waals surface area contributed by atoms with Crippen molar-refractivity contribution in [1.82, 2.24) is 10.3 Å². The van der Waals surface area contributed by atoms with Crippen LogP contribution in [0.2, 0.25) is 0 Å². The summed E-state index contributed by atoms with van der Waals surface area (Å²) in [6.45, 7) is 8.56. The van der Waals surface area contributed by atoms with E-state index in [-0.39, 0.29) is 6.10 Å². The third kappa shape index (κ3) is 5.34. The molecule has 0 aromatic rings. The number of hydrogen-bond donors (Lipinski definition) is 2. The number of nitrogens with one attached hydrogen (secondary N) is 1. The second kappa shape index (κ2) is 8.86. The number of nitrogens with two attached hydrogens (primary N) is 1. The van der Waals surface area contributed by atoms with Gasteiger partial charge in [0.2, 0.25) is 0 Å². The van der Waals surface area contributed by atoms with Gasteiger partial charge in [0.1, 0.15) is 0 Å². The molecule has 0 radical (unpaired) electrons. The van der Waals surface area contributed by atoms with Crippen LogP contribution in [0.4, 0.5) is 0 Å². The molecule has 0 bridgehead atoms. The van der Waals surface area contributed by atoms with Crippen molar-refractivity contribution in [2.75, 3.05) is 26.2 Å². The van der Waals surface area contributed by atoms with Crippen LogP contribution >= 0.6 is 0 Å². The molecule has 0 aromatic heterocycles. The lowest BCUT2D eigenvalue weighted by Crippen LogP contribution is -2.54. The Balaban J connectivity index is 2.33. The summed E-state index contributed by atoms with van der Waals surface area (Å²) in [7, 11) is 0. The molecule has 4 heteroatoms. The van der Waals surface area contributed by atoms with Gasteiger partial charge in [0.05, 0.1) is 12.7 Å². The summed E-state index contributed by atoms with van der Waals surface area (Å²) in [6.07, 6.45) is 6.36. The van der Waals surface area contributed by atoms with Crippen molar-refractivity contribution < 1.29 is 4.74 Å². The van der Waals surface area contributed by atoms with Crippen LogP contribution in [0.5, 0.6) is 0 Å². The second-order valence-corrected chi connectivity index (χ2v) is 4.98. The van der Waals surface area contributed by atoms with Gasteiger partial charge in [0.15, 0.2) is 0 Å². The van der Waals surface area contributed by atoms with Crippen molar-refractivity contribution in [2.45, 2.75) is 58.1 Å². The van der Waals surface area contributed by atoms with E-state index in [9.17, 15) is 0 Å². The Bertz CT molecular complexity index is 188. The van der Waals surface area contributed by atoms with Crippen molar-refractivity contribution in [1.29, 1.82) is 0 Å². The lowest BCUT2D eigenvalue weighted by Gasteiger charge is -2.36. The number of hydrogen-bond acceptors (Lipinski definition) is 4. The van der Waals surface area contributed by atoms with Crippen LogP contribution in [0.25, 0.3) is 0 Å². The molecule has 0 aliphatic carbocycles. The predicted molar refractivity (Wildman–Crippen MR) is 71.7 cm³/mol. The minimum Gasteiger partial charge on any atom is -0.374 e. The molecule has 102 valence electrons. The van der Waals surface area contributed by atoms with E-state index in [0.29, 0.717) is 6.04 Å². The van der Waals surface area contributed by atoms with E-state index in [1.54, 1.807) is 0 Å². The van der Waals surface area contributed by atoms with Crippen LogP contribution in [-0.4, -0.2) is 43.3 Å². The Morgan fingerprint density at radius 3 is 2.82 bits per heavy atom. The fourth-order valence-electron chi connectivity index (χ4n) is 2.49. The first-order chi connectivity index (χ1) is 8.31. The average Bonchev–Trinajstić information content (AvgIpc) is 2.35. The standard InChI is InChI=1S/C13H29N3O/c1-3-5-6-7-12(15-14)13-11-16(8-4-2)9-10-17-13/h12-13,15H,3-11,14H2,1-2H3. The highest BCUT2D eigenvalue weighted by atomic mass is 16.5. The molecule has 2 unspecified atom stereocenters. The van der Waals surface area contributed by atoms with Gasteiger partial charge in [-0.3, -0.25) is 16.2 Å². The predicted octanol–water partition coefficient (Wildman–Crippen LogP) is 1.51. The van der Waals surface area contributed by atoms with Crippen molar-refractivity contribution in [3.05, 3.63) is 0 Å². The zero-order chi connectivity index (χ0) is 12.5. The topological polar surface area (TPSA) is 50.5 Å². The Morgan fingerprint density at radius 2 is 2.18 bits per heavy atom. The highest BCUT2D eigenvalue weighted by molar-refractivity contribution is 4.81. The summed E-state index contributed by atoms with van der Waals surface area (Å²) in [6, 6.07) is 0.307. The van der Waals surface area contributed by atoms with E-state index >= 15 is 0 Å². The van der Waals surface area contributed by atoms with Crippen LogP contribution in [0.15, 0.2) is 0 Å². The number of nitrogens with zero attached hydrogens (tertiary/aromatic N) is 1. The minimum absolute atomic E-state index is 0.261. The van der Waals surface area contributed by atoms with Crippen LogP contribution in [-0.2, 0) is 4.74 Å². The summed E-state index contributed by atoms with van der Waals surface area (Å²) in [5, 5.41) is 0. The van der Waals surface area contributed by atoms with E-state index in [4.69, 9.17) is 10.6 Å². The molecule has 1 aliphatic heterocycles. The highest BCUT2D eigenvalue weighted by Gasteiger charge is 2.26. The van der Waals surface area contributed by atoms with Gasteiger partial charge in [-0.25, -0.2) is 0 Å². The lowest BCUT2D eigenvalue weighted by atomic mass is 10.0. The zero-order valence-corrected chi connectivity index (χ0v) is 11.5. The number of ether oxygens (including phenoxy) is 1. The van der Waals surface area contributed by atoms with Gasteiger partial charge in [-0.2, -0.15) is 0 Å². The van der Waals surface area contributed by atoms with Crippen molar-refractivity contribution in [2.24, 2.45) is 5.84 Å². The Labute approximate surface area is 106 Å². The summed E-state index contributed by atoms with van der Waals surface area (Å²) in [4.78, 5) is 2.48. The van der Waals surface area contributed by atoms with E-state index < -0.39 is 0 Å². The van der Waals surface area contributed by atoms with Gasteiger partial charge in [0, 0.05) is 19.1 Å². The number of rotatable bonds is 8. The first-order valence-electron chi connectivity index (χ1n) is 7.11. The molecule has 0 saturated carbocycles. The second-order valence-electron chi connectivity index (χ2n) is 4.98. The molecule has 1 saturated heterocycles.